The third kappa shape index (κ3) is 4.63. The summed E-state index contributed by atoms with van der Waals surface area (Å²) < 4.78 is 34.0. The molecule has 0 heterocycles. The summed E-state index contributed by atoms with van der Waals surface area (Å²) >= 11 is 0. The number of rotatable bonds is 6. The molecule has 0 fully saturated rings. The number of hydrogen-bond donors (Lipinski definition) is 2. The van der Waals surface area contributed by atoms with Gasteiger partial charge in [-0.25, -0.2) is 8.42 Å². The molecule has 0 aliphatic heterocycles. The lowest BCUT2D eigenvalue weighted by molar-refractivity contribution is 0.102. The van der Waals surface area contributed by atoms with Gasteiger partial charge in [0.05, 0.1) is 23.4 Å². The number of aryl methyl sites for hydroxylation is 3. The molecule has 0 aliphatic rings. The van der Waals surface area contributed by atoms with Crippen molar-refractivity contribution in [1.29, 1.82) is 0 Å². The van der Waals surface area contributed by atoms with Gasteiger partial charge in [-0.2, -0.15) is 0 Å². The van der Waals surface area contributed by atoms with Crippen molar-refractivity contribution in [2.75, 3.05) is 17.1 Å². The highest BCUT2D eigenvalue weighted by molar-refractivity contribution is 7.92. The van der Waals surface area contributed by atoms with Crippen LogP contribution in [0.5, 0.6) is 5.75 Å². The molecule has 0 atom stereocenters. The maximum atomic E-state index is 13.0. The maximum Gasteiger partial charge on any atom is 0.261 e. The van der Waals surface area contributed by atoms with Crippen LogP contribution in [0.25, 0.3) is 0 Å². The SMILES string of the molecule is COc1ccc(S(=O)(=O)Nc2c(C)cc(C)cc2C)cc1NC(=O)c1ccccc1. The fourth-order valence-electron chi connectivity index (χ4n) is 3.27. The molecule has 0 spiro atoms. The van der Waals surface area contributed by atoms with Crippen LogP contribution in [0.15, 0.2) is 65.6 Å². The van der Waals surface area contributed by atoms with Crippen molar-refractivity contribution < 1.29 is 17.9 Å². The van der Waals surface area contributed by atoms with Crippen LogP contribution in [-0.2, 0) is 10.0 Å². The smallest absolute Gasteiger partial charge is 0.261 e. The van der Waals surface area contributed by atoms with Gasteiger partial charge in [0.2, 0.25) is 0 Å². The Morgan fingerprint density at radius 2 is 1.53 bits per heavy atom. The van der Waals surface area contributed by atoms with Crippen LogP contribution >= 0.6 is 0 Å². The highest BCUT2D eigenvalue weighted by Crippen LogP contribution is 2.30. The first kappa shape index (κ1) is 21.4. The molecule has 0 saturated carbocycles. The molecule has 0 saturated heterocycles. The van der Waals surface area contributed by atoms with Crippen LogP contribution in [0.4, 0.5) is 11.4 Å². The fourth-order valence-corrected chi connectivity index (χ4v) is 4.50. The Balaban J connectivity index is 1.94. The lowest BCUT2D eigenvalue weighted by atomic mass is 10.1. The van der Waals surface area contributed by atoms with E-state index < -0.39 is 10.0 Å². The van der Waals surface area contributed by atoms with Crippen LogP contribution in [0.2, 0.25) is 0 Å². The number of hydrogen-bond acceptors (Lipinski definition) is 4. The van der Waals surface area contributed by atoms with E-state index in [1.165, 1.54) is 25.3 Å². The van der Waals surface area contributed by atoms with E-state index in [1.54, 1.807) is 24.3 Å². The normalized spacial score (nSPS) is 11.1. The summed E-state index contributed by atoms with van der Waals surface area (Å²) in [6.45, 7) is 5.68. The van der Waals surface area contributed by atoms with E-state index >= 15 is 0 Å². The zero-order chi connectivity index (χ0) is 21.9. The van der Waals surface area contributed by atoms with Crippen LogP contribution < -0.4 is 14.8 Å². The molecule has 0 unspecified atom stereocenters. The van der Waals surface area contributed by atoms with Crippen molar-refractivity contribution in [2.45, 2.75) is 25.7 Å². The molecule has 0 bridgehead atoms. The molecule has 7 heteroatoms. The van der Waals surface area contributed by atoms with Gasteiger partial charge in [0.1, 0.15) is 5.75 Å². The van der Waals surface area contributed by atoms with Gasteiger partial charge in [0.15, 0.2) is 0 Å². The van der Waals surface area contributed by atoms with Crippen molar-refractivity contribution in [3.63, 3.8) is 0 Å². The second-order valence-electron chi connectivity index (χ2n) is 7.06. The number of nitrogens with one attached hydrogen (secondary N) is 2. The Bertz CT molecular complexity index is 1170. The predicted octanol–water partition coefficient (Wildman–Crippen LogP) is 4.67. The monoisotopic (exact) mass is 424 g/mol. The van der Waals surface area contributed by atoms with Crippen molar-refractivity contribution in [3.05, 3.63) is 82.9 Å². The number of methoxy groups -OCH3 is 1. The lowest BCUT2D eigenvalue weighted by Gasteiger charge is -2.16. The van der Waals surface area contributed by atoms with Gasteiger partial charge in [0, 0.05) is 5.56 Å². The van der Waals surface area contributed by atoms with E-state index in [4.69, 9.17) is 4.74 Å². The second kappa shape index (κ2) is 8.59. The number of anilines is 2. The van der Waals surface area contributed by atoms with E-state index in [0.717, 1.165) is 16.7 Å². The number of ether oxygens (including phenoxy) is 1. The minimum atomic E-state index is -3.88. The van der Waals surface area contributed by atoms with E-state index in [0.29, 0.717) is 17.0 Å². The van der Waals surface area contributed by atoms with Gasteiger partial charge in [0.25, 0.3) is 15.9 Å². The molecule has 3 aromatic rings. The molecule has 6 nitrogen and oxygen atoms in total. The van der Waals surface area contributed by atoms with Gasteiger partial charge < -0.3 is 10.1 Å². The van der Waals surface area contributed by atoms with Crippen molar-refractivity contribution >= 4 is 27.3 Å². The Kier molecular flexibility index (Phi) is 6.12. The molecule has 156 valence electrons. The molecular formula is C23H24N2O4S. The predicted molar refractivity (Wildman–Crippen MR) is 119 cm³/mol. The molecule has 1 amide bonds. The number of sulfonamides is 1. The van der Waals surface area contributed by atoms with Crippen LogP contribution in [0.1, 0.15) is 27.0 Å². The maximum absolute atomic E-state index is 13.0. The Labute approximate surface area is 177 Å². The average molecular weight is 425 g/mol. The zero-order valence-electron chi connectivity index (χ0n) is 17.3. The van der Waals surface area contributed by atoms with Crippen molar-refractivity contribution in [2.24, 2.45) is 0 Å². The topological polar surface area (TPSA) is 84.5 Å². The van der Waals surface area contributed by atoms with Crippen LogP contribution in [0.3, 0.4) is 0 Å². The minimum absolute atomic E-state index is 0.0195. The van der Waals surface area contributed by atoms with E-state index in [2.05, 4.69) is 10.0 Å². The Morgan fingerprint density at radius 3 is 2.13 bits per heavy atom. The molecule has 3 rings (SSSR count). The Morgan fingerprint density at radius 1 is 0.900 bits per heavy atom. The fraction of sp³-hybridized carbons (Fsp3) is 0.174. The number of amides is 1. The first-order valence-corrected chi connectivity index (χ1v) is 10.8. The van der Waals surface area contributed by atoms with Crippen molar-refractivity contribution in [1.82, 2.24) is 0 Å². The number of carbonyl (C=O) groups is 1. The van der Waals surface area contributed by atoms with E-state index in [-0.39, 0.29) is 16.5 Å². The number of benzene rings is 3. The van der Waals surface area contributed by atoms with Gasteiger partial charge in [-0.05, 0) is 62.2 Å². The quantitative estimate of drug-likeness (QED) is 0.602. The summed E-state index contributed by atoms with van der Waals surface area (Å²) in [5.74, 6) is 0.00237. The highest BCUT2D eigenvalue weighted by atomic mass is 32.2. The third-order valence-electron chi connectivity index (χ3n) is 4.68. The average Bonchev–Trinajstić information content (AvgIpc) is 2.71. The molecule has 0 aliphatic carbocycles. The van der Waals surface area contributed by atoms with E-state index in [9.17, 15) is 13.2 Å². The minimum Gasteiger partial charge on any atom is -0.495 e. The first-order chi connectivity index (χ1) is 14.2. The van der Waals surface area contributed by atoms with Gasteiger partial charge in [-0.3, -0.25) is 9.52 Å². The summed E-state index contributed by atoms with van der Waals surface area (Å²) in [7, 11) is -2.42. The molecular weight excluding hydrogens is 400 g/mol. The largest absolute Gasteiger partial charge is 0.495 e. The molecule has 30 heavy (non-hydrogen) atoms. The van der Waals surface area contributed by atoms with E-state index in [1.807, 2.05) is 39.0 Å². The number of carbonyl (C=O) groups excluding carboxylic acids is 1. The summed E-state index contributed by atoms with van der Waals surface area (Å²) in [5, 5.41) is 2.73. The molecule has 3 aromatic carbocycles. The standard InChI is InChI=1S/C23H24N2O4S/c1-15-12-16(2)22(17(3)13-15)25-30(27,28)19-10-11-21(29-4)20(14-19)24-23(26)18-8-6-5-7-9-18/h5-14,25H,1-4H3,(H,24,26). The molecule has 0 aromatic heterocycles. The third-order valence-corrected chi connectivity index (χ3v) is 6.03. The summed E-state index contributed by atoms with van der Waals surface area (Å²) in [6, 6.07) is 16.9. The molecule has 2 N–H and O–H groups in total. The summed E-state index contributed by atoms with van der Waals surface area (Å²) in [4.78, 5) is 12.5. The van der Waals surface area contributed by atoms with Crippen LogP contribution in [-0.4, -0.2) is 21.4 Å². The van der Waals surface area contributed by atoms with Crippen molar-refractivity contribution in [3.8, 4) is 5.75 Å². The van der Waals surface area contributed by atoms with Gasteiger partial charge in [-0.15, -0.1) is 0 Å². The summed E-state index contributed by atoms with van der Waals surface area (Å²) in [5.41, 5.74) is 4.00. The highest BCUT2D eigenvalue weighted by Gasteiger charge is 2.20. The van der Waals surface area contributed by atoms with Gasteiger partial charge >= 0.3 is 0 Å². The second-order valence-corrected chi connectivity index (χ2v) is 8.74. The van der Waals surface area contributed by atoms with Gasteiger partial charge in [-0.1, -0.05) is 35.9 Å². The summed E-state index contributed by atoms with van der Waals surface area (Å²) in [6.07, 6.45) is 0. The Hall–Kier alpha value is -3.32. The lowest BCUT2D eigenvalue weighted by Crippen LogP contribution is -2.16. The zero-order valence-corrected chi connectivity index (χ0v) is 18.1. The molecule has 0 radical (unpaired) electrons. The van der Waals surface area contributed by atoms with Crippen LogP contribution in [0, 0.1) is 20.8 Å². The first-order valence-electron chi connectivity index (χ1n) is 9.36.